The van der Waals surface area contributed by atoms with Gasteiger partial charge in [0.05, 0.1) is 18.8 Å². The van der Waals surface area contributed by atoms with Gasteiger partial charge in [-0.15, -0.1) is 0 Å². The predicted molar refractivity (Wildman–Crippen MR) is 160 cm³/mol. The number of benzene rings is 4. The molecule has 0 saturated heterocycles. The van der Waals surface area contributed by atoms with E-state index in [2.05, 4.69) is 66.9 Å². The molecule has 196 valence electrons. The van der Waals surface area contributed by atoms with E-state index >= 15 is 0 Å². The molecule has 0 radical (unpaired) electrons. The average Bonchev–Trinajstić information content (AvgIpc) is 3.46. The van der Waals surface area contributed by atoms with Crippen molar-refractivity contribution in [1.29, 1.82) is 0 Å². The van der Waals surface area contributed by atoms with Gasteiger partial charge >= 0.3 is 0 Å². The number of halogens is 1. The molecule has 1 aliphatic heterocycles. The first-order chi connectivity index (χ1) is 19.1. The van der Waals surface area contributed by atoms with Crippen LogP contribution in [0.3, 0.4) is 0 Å². The van der Waals surface area contributed by atoms with Crippen LogP contribution in [0.4, 0.5) is 11.4 Å². The van der Waals surface area contributed by atoms with E-state index in [1.54, 1.807) is 7.11 Å². The van der Waals surface area contributed by atoms with Crippen LogP contribution in [0.5, 0.6) is 11.5 Å². The van der Waals surface area contributed by atoms with E-state index in [0.29, 0.717) is 35.0 Å². The van der Waals surface area contributed by atoms with Gasteiger partial charge in [-0.1, -0.05) is 65.7 Å². The molecule has 0 aromatic heterocycles. The van der Waals surface area contributed by atoms with Crippen LogP contribution in [0.2, 0.25) is 5.02 Å². The lowest BCUT2D eigenvalue weighted by molar-refractivity contribution is 0.284. The zero-order valence-electron chi connectivity index (χ0n) is 22.1. The van der Waals surface area contributed by atoms with Crippen molar-refractivity contribution in [2.75, 3.05) is 12.4 Å². The minimum atomic E-state index is 0.280. The second-order valence-electron chi connectivity index (χ2n) is 10.2. The van der Waals surface area contributed by atoms with Crippen LogP contribution in [-0.2, 0) is 6.61 Å². The van der Waals surface area contributed by atoms with E-state index in [1.165, 1.54) is 22.4 Å². The van der Waals surface area contributed by atoms with Gasteiger partial charge in [0.15, 0.2) is 11.5 Å². The Hall–Kier alpha value is -4.02. The number of nitrogens with zero attached hydrogens (tertiary/aromatic N) is 1. The molecule has 0 saturated carbocycles. The Morgan fingerprint density at radius 3 is 2.67 bits per heavy atom. The van der Waals surface area contributed by atoms with Gasteiger partial charge in [-0.25, -0.2) is 0 Å². The second-order valence-corrected chi connectivity index (χ2v) is 10.7. The Kier molecular flexibility index (Phi) is 7.12. The summed E-state index contributed by atoms with van der Waals surface area (Å²) >= 11 is 6.08. The fourth-order valence-electron chi connectivity index (χ4n) is 5.63. The number of allylic oxidation sites excluding steroid dienone is 2. The summed E-state index contributed by atoms with van der Waals surface area (Å²) in [5, 5.41) is 4.51. The molecule has 3 atom stereocenters. The highest BCUT2D eigenvalue weighted by atomic mass is 35.5. The molecule has 0 spiro atoms. The van der Waals surface area contributed by atoms with Crippen molar-refractivity contribution in [2.45, 2.75) is 31.9 Å². The number of methoxy groups -OCH3 is 1. The van der Waals surface area contributed by atoms with Crippen molar-refractivity contribution in [3.05, 3.63) is 130 Å². The highest BCUT2D eigenvalue weighted by Crippen LogP contribution is 2.50. The maximum Gasteiger partial charge on any atom is 0.161 e. The Morgan fingerprint density at radius 1 is 0.974 bits per heavy atom. The van der Waals surface area contributed by atoms with Gasteiger partial charge in [0.1, 0.15) is 6.61 Å². The normalized spacial score (nSPS) is 19.4. The van der Waals surface area contributed by atoms with Gasteiger partial charge in [-0.3, -0.25) is 4.99 Å². The molecule has 1 aliphatic carbocycles. The second kappa shape index (κ2) is 11.0. The Bertz CT molecular complexity index is 1540. The largest absolute Gasteiger partial charge is 0.493 e. The van der Waals surface area contributed by atoms with Crippen molar-refractivity contribution in [3.63, 3.8) is 0 Å². The standard InChI is InChI=1S/C34H31ClN2O2/c1-22-9-15-31-30(17-22)28-7-4-8-29(28)34(37-31)25-11-13-27(14-12-25)36-20-23-10-16-32(33(19-23)38-2)39-21-24-5-3-6-26(35)18-24/h3-7,9-20,28-29,34,37H,8,21H2,1-2H3/t28-,29-,34+/m1/s1. The van der Waals surface area contributed by atoms with Crippen molar-refractivity contribution >= 4 is 29.2 Å². The quantitative estimate of drug-likeness (QED) is 0.190. The Morgan fingerprint density at radius 2 is 1.85 bits per heavy atom. The summed E-state index contributed by atoms with van der Waals surface area (Å²) in [5.41, 5.74) is 8.12. The summed E-state index contributed by atoms with van der Waals surface area (Å²) in [6.07, 6.45) is 7.67. The molecule has 4 aromatic rings. The molecule has 0 fully saturated rings. The van der Waals surface area contributed by atoms with Crippen LogP contribution in [0.15, 0.2) is 102 Å². The molecule has 0 amide bonds. The summed E-state index contributed by atoms with van der Waals surface area (Å²) in [6, 6.07) is 29.1. The first-order valence-electron chi connectivity index (χ1n) is 13.3. The fraction of sp³-hybridized carbons (Fsp3) is 0.206. The topological polar surface area (TPSA) is 42.8 Å². The number of anilines is 1. The van der Waals surface area contributed by atoms with E-state index in [9.17, 15) is 0 Å². The van der Waals surface area contributed by atoms with Gasteiger partial charge in [0, 0.05) is 22.8 Å². The van der Waals surface area contributed by atoms with Crippen LogP contribution < -0.4 is 14.8 Å². The lowest BCUT2D eigenvalue weighted by Crippen LogP contribution is -2.29. The highest BCUT2D eigenvalue weighted by molar-refractivity contribution is 6.30. The number of hydrogen-bond acceptors (Lipinski definition) is 4. The molecule has 1 heterocycles. The van der Waals surface area contributed by atoms with E-state index in [0.717, 1.165) is 23.2 Å². The molecule has 39 heavy (non-hydrogen) atoms. The zero-order valence-corrected chi connectivity index (χ0v) is 22.9. The van der Waals surface area contributed by atoms with E-state index < -0.39 is 0 Å². The minimum Gasteiger partial charge on any atom is -0.493 e. The third kappa shape index (κ3) is 5.43. The van der Waals surface area contributed by atoms with Gasteiger partial charge < -0.3 is 14.8 Å². The minimum absolute atomic E-state index is 0.280. The van der Waals surface area contributed by atoms with E-state index in [-0.39, 0.29) is 6.04 Å². The molecule has 6 rings (SSSR count). The Balaban J connectivity index is 1.14. The van der Waals surface area contributed by atoms with Crippen LogP contribution >= 0.6 is 11.6 Å². The van der Waals surface area contributed by atoms with Crippen LogP contribution in [-0.4, -0.2) is 13.3 Å². The maximum absolute atomic E-state index is 6.08. The summed E-state index contributed by atoms with van der Waals surface area (Å²) in [4.78, 5) is 4.71. The van der Waals surface area contributed by atoms with Crippen LogP contribution in [0.1, 0.15) is 46.2 Å². The van der Waals surface area contributed by atoms with Gasteiger partial charge in [0.2, 0.25) is 0 Å². The van der Waals surface area contributed by atoms with Crippen LogP contribution in [0, 0.1) is 12.8 Å². The molecule has 0 unspecified atom stereocenters. The molecule has 4 nitrogen and oxygen atoms in total. The number of aryl methyl sites for hydroxylation is 1. The number of hydrogen-bond donors (Lipinski definition) is 1. The van der Waals surface area contributed by atoms with Gasteiger partial charge in [-0.2, -0.15) is 0 Å². The summed E-state index contributed by atoms with van der Waals surface area (Å²) in [6.45, 7) is 2.58. The lowest BCUT2D eigenvalue weighted by Gasteiger charge is -2.37. The van der Waals surface area contributed by atoms with Crippen molar-refractivity contribution in [3.8, 4) is 11.5 Å². The summed E-state index contributed by atoms with van der Waals surface area (Å²) in [7, 11) is 1.64. The molecule has 5 heteroatoms. The molecule has 4 aromatic carbocycles. The maximum atomic E-state index is 6.08. The van der Waals surface area contributed by atoms with Crippen molar-refractivity contribution in [1.82, 2.24) is 0 Å². The zero-order chi connectivity index (χ0) is 26.8. The smallest absolute Gasteiger partial charge is 0.161 e. The number of fused-ring (bicyclic) bond motifs is 3. The highest BCUT2D eigenvalue weighted by Gasteiger charge is 2.37. The van der Waals surface area contributed by atoms with Crippen LogP contribution in [0.25, 0.3) is 0 Å². The Labute approximate surface area is 235 Å². The first-order valence-corrected chi connectivity index (χ1v) is 13.7. The monoisotopic (exact) mass is 534 g/mol. The number of nitrogens with one attached hydrogen (secondary N) is 1. The van der Waals surface area contributed by atoms with E-state index in [1.807, 2.05) is 48.7 Å². The predicted octanol–water partition coefficient (Wildman–Crippen LogP) is 8.81. The van der Waals surface area contributed by atoms with E-state index in [4.69, 9.17) is 26.1 Å². The molecule has 1 N–H and O–H groups in total. The number of rotatable bonds is 7. The number of ether oxygens (including phenoxy) is 2. The van der Waals surface area contributed by atoms with Gasteiger partial charge in [-0.05, 0) is 90.0 Å². The fourth-order valence-corrected chi connectivity index (χ4v) is 5.85. The number of aliphatic imine (C=N–C) groups is 1. The third-order valence-corrected chi connectivity index (χ3v) is 7.84. The molecule has 0 bridgehead atoms. The lowest BCUT2D eigenvalue weighted by atomic mass is 9.76. The third-order valence-electron chi connectivity index (χ3n) is 7.60. The molecular formula is C34H31ClN2O2. The van der Waals surface area contributed by atoms with Crippen molar-refractivity contribution in [2.24, 2.45) is 10.9 Å². The van der Waals surface area contributed by atoms with Crippen molar-refractivity contribution < 1.29 is 9.47 Å². The first kappa shape index (κ1) is 25.3. The summed E-state index contributed by atoms with van der Waals surface area (Å²) < 4.78 is 11.6. The SMILES string of the molecule is COc1cc(C=Nc2ccc([C@@H]3Nc4ccc(C)cc4[C@@H]4C=CC[C@H]43)cc2)ccc1OCc1cccc(Cl)c1. The average molecular weight is 535 g/mol. The molecular weight excluding hydrogens is 504 g/mol. The van der Waals surface area contributed by atoms with Gasteiger partial charge in [0.25, 0.3) is 0 Å². The molecule has 2 aliphatic rings. The summed E-state index contributed by atoms with van der Waals surface area (Å²) in [5.74, 6) is 2.34.